The molecular weight excluding hydrogens is 178 g/mol. The third-order valence-electron chi connectivity index (χ3n) is 1.87. The maximum absolute atomic E-state index is 11.3. The summed E-state index contributed by atoms with van der Waals surface area (Å²) in [6, 6.07) is -0.0307. The van der Waals surface area contributed by atoms with Crippen molar-refractivity contribution >= 4 is 6.03 Å². The van der Waals surface area contributed by atoms with Gasteiger partial charge in [-0.2, -0.15) is 0 Å². The number of carbonyl (C=O) groups excluding carboxylic acids is 1. The molecule has 0 bridgehead atoms. The van der Waals surface area contributed by atoms with Crippen molar-refractivity contribution in [2.75, 3.05) is 41.3 Å². The highest BCUT2D eigenvalue weighted by Crippen LogP contribution is 2.13. The number of urea groups is 1. The first kappa shape index (κ1) is 13.2. The smallest absolute Gasteiger partial charge is 0.316 e. The molecule has 1 N–H and O–H groups in total. The van der Waals surface area contributed by atoms with Crippen LogP contribution in [-0.2, 0) is 0 Å². The first-order valence-corrected chi connectivity index (χ1v) is 4.84. The standard InChI is InChI=1S/C10H23N3O/c1-10(2,8-12(3)4)7-11-9(14)13(5)6/h7-8H2,1-6H3,(H,11,14). The Morgan fingerprint density at radius 1 is 1.21 bits per heavy atom. The molecule has 0 aliphatic heterocycles. The molecule has 0 aromatic rings. The van der Waals surface area contributed by atoms with E-state index in [1.807, 2.05) is 14.1 Å². The Balaban J connectivity index is 3.92. The lowest BCUT2D eigenvalue weighted by molar-refractivity contribution is 0.199. The molecule has 0 saturated heterocycles. The van der Waals surface area contributed by atoms with E-state index < -0.39 is 0 Å². The Labute approximate surface area is 87.3 Å². The Bertz CT molecular complexity index is 188. The second-order valence-corrected chi connectivity index (χ2v) is 4.96. The number of amides is 2. The van der Waals surface area contributed by atoms with E-state index in [0.717, 1.165) is 6.54 Å². The molecule has 0 spiro atoms. The molecule has 0 rings (SSSR count). The largest absolute Gasteiger partial charge is 0.337 e. The van der Waals surface area contributed by atoms with Gasteiger partial charge in [0.05, 0.1) is 0 Å². The molecule has 4 nitrogen and oxygen atoms in total. The molecule has 0 aliphatic carbocycles. The number of rotatable bonds is 4. The summed E-state index contributed by atoms with van der Waals surface area (Å²) in [6.45, 7) is 5.94. The van der Waals surface area contributed by atoms with Crippen molar-refractivity contribution in [1.29, 1.82) is 0 Å². The molecule has 0 unspecified atom stereocenters. The summed E-state index contributed by atoms with van der Waals surface area (Å²) in [7, 11) is 7.56. The minimum atomic E-state index is -0.0307. The number of hydrogen-bond donors (Lipinski definition) is 1. The first-order chi connectivity index (χ1) is 6.24. The van der Waals surface area contributed by atoms with E-state index in [1.54, 1.807) is 19.0 Å². The van der Waals surface area contributed by atoms with Gasteiger partial charge in [-0.05, 0) is 19.5 Å². The van der Waals surface area contributed by atoms with E-state index in [-0.39, 0.29) is 11.4 Å². The molecule has 84 valence electrons. The van der Waals surface area contributed by atoms with Crippen LogP contribution in [0.4, 0.5) is 4.79 Å². The highest BCUT2D eigenvalue weighted by Gasteiger charge is 2.19. The highest BCUT2D eigenvalue weighted by atomic mass is 16.2. The van der Waals surface area contributed by atoms with E-state index in [1.165, 1.54) is 0 Å². The molecule has 2 amide bonds. The summed E-state index contributed by atoms with van der Waals surface area (Å²) in [5.74, 6) is 0. The topological polar surface area (TPSA) is 35.6 Å². The van der Waals surface area contributed by atoms with Gasteiger partial charge in [0.25, 0.3) is 0 Å². The molecule has 0 heterocycles. The number of hydrogen-bond acceptors (Lipinski definition) is 2. The zero-order valence-corrected chi connectivity index (χ0v) is 10.2. The predicted octanol–water partition coefficient (Wildman–Crippen LogP) is 0.845. The summed E-state index contributed by atoms with van der Waals surface area (Å²) in [6.07, 6.45) is 0. The van der Waals surface area contributed by atoms with Gasteiger partial charge < -0.3 is 15.1 Å². The summed E-state index contributed by atoms with van der Waals surface area (Å²) >= 11 is 0. The first-order valence-electron chi connectivity index (χ1n) is 4.84. The number of nitrogens with one attached hydrogen (secondary N) is 1. The van der Waals surface area contributed by atoms with Crippen LogP contribution in [0, 0.1) is 5.41 Å². The average molecular weight is 201 g/mol. The van der Waals surface area contributed by atoms with Crippen LogP contribution < -0.4 is 5.32 Å². The van der Waals surface area contributed by atoms with Gasteiger partial charge in [0.1, 0.15) is 0 Å². The molecule has 0 aromatic carbocycles. The van der Waals surface area contributed by atoms with Gasteiger partial charge in [-0.25, -0.2) is 4.79 Å². The van der Waals surface area contributed by atoms with E-state index in [0.29, 0.717) is 6.54 Å². The zero-order chi connectivity index (χ0) is 11.4. The van der Waals surface area contributed by atoms with Gasteiger partial charge in [-0.1, -0.05) is 13.8 Å². The van der Waals surface area contributed by atoms with Crippen LogP contribution in [0.25, 0.3) is 0 Å². The SMILES string of the molecule is CN(C)CC(C)(C)CNC(=O)N(C)C. The second kappa shape index (κ2) is 5.20. The van der Waals surface area contributed by atoms with Crippen molar-refractivity contribution in [1.82, 2.24) is 15.1 Å². The van der Waals surface area contributed by atoms with Crippen molar-refractivity contribution in [2.45, 2.75) is 13.8 Å². The molecule has 0 aromatic heterocycles. The molecule has 0 radical (unpaired) electrons. The van der Waals surface area contributed by atoms with Crippen LogP contribution in [0.1, 0.15) is 13.8 Å². The lowest BCUT2D eigenvalue weighted by atomic mass is 9.93. The fourth-order valence-electron chi connectivity index (χ4n) is 1.38. The van der Waals surface area contributed by atoms with Crippen LogP contribution in [0.2, 0.25) is 0 Å². The van der Waals surface area contributed by atoms with Crippen molar-refractivity contribution in [2.24, 2.45) is 5.41 Å². The predicted molar refractivity (Wildman–Crippen MR) is 59.4 cm³/mol. The van der Waals surface area contributed by atoms with E-state index in [4.69, 9.17) is 0 Å². The Morgan fingerprint density at radius 2 is 1.71 bits per heavy atom. The average Bonchev–Trinajstić information content (AvgIpc) is 1.97. The molecule has 4 heteroatoms. The summed E-state index contributed by atoms with van der Waals surface area (Å²) < 4.78 is 0. The highest BCUT2D eigenvalue weighted by molar-refractivity contribution is 5.73. The summed E-state index contributed by atoms with van der Waals surface area (Å²) in [5.41, 5.74) is 0.106. The third-order valence-corrected chi connectivity index (χ3v) is 1.87. The Hall–Kier alpha value is -0.770. The van der Waals surface area contributed by atoms with Crippen molar-refractivity contribution < 1.29 is 4.79 Å². The molecule has 14 heavy (non-hydrogen) atoms. The van der Waals surface area contributed by atoms with E-state index in [2.05, 4.69) is 24.1 Å². The monoisotopic (exact) mass is 201 g/mol. The minimum Gasteiger partial charge on any atom is -0.337 e. The van der Waals surface area contributed by atoms with Gasteiger partial charge in [0, 0.05) is 27.2 Å². The van der Waals surface area contributed by atoms with Crippen LogP contribution >= 0.6 is 0 Å². The van der Waals surface area contributed by atoms with Crippen LogP contribution in [0.3, 0.4) is 0 Å². The number of nitrogens with zero attached hydrogens (tertiary/aromatic N) is 2. The van der Waals surface area contributed by atoms with Crippen molar-refractivity contribution in [3.05, 3.63) is 0 Å². The maximum atomic E-state index is 11.3. The molecule has 0 saturated carbocycles. The lowest BCUT2D eigenvalue weighted by Gasteiger charge is -2.29. The molecule has 0 fully saturated rings. The van der Waals surface area contributed by atoms with Crippen LogP contribution in [0.5, 0.6) is 0 Å². The van der Waals surface area contributed by atoms with Crippen molar-refractivity contribution in [3.63, 3.8) is 0 Å². The van der Waals surface area contributed by atoms with Gasteiger partial charge >= 0.3 is 6.03 Å². The summed E-state index contributed by atoms with van der Waals surface area (Å²) in [5, 5.41) is 2.89. The fourth-order valence-corrected chi connectivity index (χ4v) is 1.38. The quantitative estimate of drug-likeness (QED) is 0.732. The summed E-state index contributed by atoms with van der Waals surface area (Å²) in [4.78, 5) is 15.0. The van der Waals surface area contributed by atoms with Crippen molar-refractivity contribution in [3.8, 4) is 0 Å². The van der Waals surface area contributed by atoms with Gasteiger partial charge in [0.2, 0.25) is 0 Å². The third kappa shape index (κ3) is 5.80. The van der Waals surface area contributed by atoms with Gasteiger partial charge in [-0.15, -0.1) is 0 Å². The molecular formula is C10H23N3O. The lowest BCUT2D eigenvalue weighted by Crippen LogP contribution is -2.43. The Kier molecular flexibility index (Phi) is 4.91. The number of carbonyl (C=O) groups is 1. The Morgan fingerprint density at radius 3 is 2.07 bits per heavy atom. The molecule has 0 atom stereocenters. The second-order valence-electron chi connectivity index (χ2n) is 4.96. The van der Waals surface area contributed by atoms with Gasteiger partial charge in [0.15, 0.2) is 0 Å². The van der Waals surface area contributed by atoms with Crippen LogP contribution in [0.15, 0.2) is 0 Å². The van der Waals surface area contributed by atoms with E-state index >= 15 is 0 Å². The van der Waals surface area contributed by atoms with Crippen LogP contribution in [-0.4, -0.2) is 57.1 Å². The zero-order valence-electron chi connectivity index (χ0n) is 10.2. The normalized spacial score (nSPS) is 11.6. The van der Waals surface area contributed by atoms with E-state index in [9.17, 15) is 4.79 Å². The maximum Gasteiger partial charge on any atom is 0.316 e. The fraction of sp³-hybridized carbons (Fsp3) is 0.900. The van der Waals surface area contributed by atoms with Gasteiger partial charge in [-0.3, -0.25) is 0 Å². The minimum absolute atomic E-state index is 0.0307. The molecule has 0 aliphatic rings.